The number of nitrogens with zero attached hydrogens (tertiary/aromatic N) is 3. The van der Waals surface area contributed by atoms with Crippen molar-refractivity contribution in [3.8, 4) is 5.75 Å². The summed E-state index contributed by atoms with van der Waals surface area (Å²) in [5.74, 6) is 0.844. The fourth-order valence-corrected chi connectivity index (χ4v) is 2.94. The molecule has 0 saturated carbocycles. The minimum atomic E-state index is 0.139. The molecule has 0 aromatic heterocycles. The Labute approximate surface area is 173 Å². The highest BCUT2D eigenvalue weighted by molar-refractivity contribution is 5.43. The largest absolute Gasteiger partial charge is 0.494 e. The lowest BCUT2D eigenvalue weighted by molar-refractivity contribution is 0.159. The summed E-state index contributed by atoms with van der Waals surface area (Å²) in [6, 6.07) is 15.6. The number of hydrogen-bond acceptors (Lipinski definition) is 6. The molecule has 2 N–H and O–H groups in total. The number of aryl methyl sites for hydroxylation is 1. The van der Waals surface area contributed by atoms with E-state index in [1.807, 2.05) is 55.5 Å². The van der Waals surface area contributed by atoms with E-state index in [1.165, 1.54) is 5.56 Å². The van der Waals surface area contributed by atoms with Gasteiger partial charge in [0.1, 0.15) is 5.75 Å². The zero-order valence-electron chi connectivity index (χ0n) is 17.3. The van der Waals surface area contributed by atoms with Gasteiger partial charge in [-0.2, -0.15) is 10.2 Å². The van der Waals surface area contributed by atoms with Gasteiger partial charge in [0.15, 0.2) is 0 Å². The van der Waals surface area contributed by atoms with Crippen molar-refractivity contribution in [1.82, 2.24) is 4.90 Å². The summed E-state index contributed by atoms with van der Waals surface area (Å²) in [7, 11) is 0. The highest BCUT2D eigenvalue weighted by Crippen LogP contribution is 2.21. The van der Waals surface area contributed by atoms with E-state index >= 15 is 0 Å². The molecule has 0 heterocycles. The second-order valence-electron chi connectivity index (χ2n) is 7.08. The van der Waals surface area contributed by atoms with Gasteiger partial charge in [0, 0.05) is 13.1 Å². The van der Waals surface area contributed by atoms with E-state index in [2.05, 4.69) is 15.1 Å². The fraction of sp³-hybridized carbons (Fsp3) is 0.478. The Hall–Kier alpha value is -2.28. The van der Waals surface area contributed by atoms with E-state index < -0.39 is 0 Å². The van der Waals surface area contributed by atoms with Gasteiger partial charge in [0.25, 0.3) is 0 Å². The molecule has 2 aromatic rings. The number of azo groups is 1. The second kappa shape index (κ2) is 13.8. The number of ether oxygens (including phenoxy) is 1. The van der Waals surface area contributed by atoms with Crippen molar-refractivity contribution >= 4 is 11.4 Å². The van der Waals surface area contributed by atoms with Gasteiger partial charge in [-0.15, -0.1) is 0 Å². The topological polar surface area (TPSA) is 77.7 Å². The second-order valence-corrected chi connectivity index (χ2v) is 7.08. The fourth-order valence-electron chi connectivity index (χ4n) is 2.94. The first-order chi connectivity index (χ1) is 14.2. The maximum atomic E-state index is 9.00. The minimum absolute atomic E-state index is 0.139. The Balaban J connectivity index is 1.60. The average molecular weight is 400 g/mol. The maximum Gasteiger partial charge on any atom is 0.119 e. The molecule has 0 aliphatic heterocycles. The van der Waals surface area contributed by atoms with Crippen LogP contribution in [0.2, 0.25) is 0 Å². The number of unbranched alkanes of at least 4 members (excludes halogenated alkanes) is 3. The van der Waals surface area contributed by atoms with Crippen molar-refractivity contribution in [3.63, 3.8) is 0 Å². The predicted octanol–water partition coefficient (Wildman–Crippen LogP) is 4.64. The average Bonchev–Trinajstić information content (AvgIpc) is 2.74. The SMILES string of the molecule is Cc1ccc(N=Nc2ccc(OCCCCCCN(CCO)CCO)cc2)cc1. The number of hydrogen-bond donors (Lipinski definition) is 2. The Kier molecular flexibility index (Phi) is 11.0. The van der Waals surface area contributed by atoms with Crippen LogP contribution in [0, 0.1) is 6.92 Å². The molecule has 6 heteroatoms. The van der Waals surface area contributed by atoms with Crippen LogP contribution in [0.3, 0.4) is 0 Å². The van der Waals surface area contributed by atoms with Crippen LogP contribution in [0.4, 0.5) is 11.4 Å². The molecule has 0 amide bonds. The molecule has 29 heavy (non-hydrogen) atoms. The summed E-state index contributed by atoms with van der Waals surface area (Å²) in [6.07, 6.45) is 4.31. The lowest BCUT2D eigenvalue weighted by atomic mass is 10.2. The lowest BCUT2D eigenvalue weighted by Gasteiger charge is -2.19. The minimum Gasteiger partial charge on any atom is -0.494 e. The number of benzene rings is 2. The number of rotatable bonds is 14. The summed E-state index contributed by atoms with van der Waals surface area (Å²) in [4.78, 5) is 2.09. The van der Waals surface area contributed by atoms with Gasteiger partial charge in [0.2, 0.25) is 0 Å². The molecule has 0 atom stereocenters. The van der Waals surface area contributed by atoms with Crippen molar-refractivity contribution in [2.45, 2.75) is 32.6 Å². The van der Waals surface area contributed by atoms with Gasteiger partial charge < -0.3 is 14.9 Å². The summed E-state index contributed by atoms with van der Waals surface area (Å²) < 4.78 is 5.79. The van der Waals surface area contributed by atoms with Crippen molar-refractivity contribution in [1.29, 1.82) is 0 Å². The van der Waals surface area contributed by atoms with E-state index in [0.717, 1.165) is 49.4 Å². The van der Waals surface area contributed by atoms with Gasteiger partial charge in [0.05, 0.1) is 31.2 Å². The Bertz CT molecular complexity index is 696. The Morgan fingerprint density at radius 3 is 1.86 bits per heavy atom. The molecular weight excluding hydrogens is 366 g/mol. The third-order valence-electron chi connectivity index (χ3n) is 4.62. The van der Waals surface area contributed by atoms with Crippen LogP contribution in [0.5, 0.6) is 5.75 Å². The van der Waals surface area contributed by atoms with Crippen molar-refractivity contribution in [2.24, 2.45) is 10.2 Å². The van der Waals surface area contributed by atoms with Crippen molar-refractivity contribution < 1.29 is 14.9 Å². The first-order valence-electron chi connectivity index (χ1n) is 10.4. The molecule has 0 unspecified atom stereocenters. The predicted molar refractivity (Wildman–Crippen MR) is 116 cm³/mol. The highest BCUT2D eigenvalue weighted by Gasteiger charge is 2.03. The van der Waals surface area contributed by atoms with Crippen LogP contribution in [0.25, 0.3) is 0 Å². The normalized spacial score (nSPS) is 11.4. The van der Waals surface area contributed by atoms with Crippen molar-refractivity contribution in [3.05, 3.63) is 54.1 Å². The molecule has 0 bridgehead atoms. The van der Waals surface area contributed by atoms with Gasteiger partial charge in [-0.3, -0.25) is 4.90 Å². The summed E-state index contributed by atoms with van der Waals surface area (Å²) >= 11 is 0. The monoisotopic (exact) mass is 399 g/mol. The van der Waals surface area contributed by atoms with E-state index in [0.29, 0.717) is 19.7 Å². The van der Waals surface area contributed by atoms with E-state index in [9.17, 15) is 0 Å². The first kappa shape index (κ1) is 23.0. The lowest BCUT2D eigenvalue weighted by Crippen LogP contribution is -2.30. The molecule has 158 valence electrons. The van der Waals surface area contributed by atoms with Crippen LogP contribution in [-0.4, -0.2) is 54.6 Å². The van der Waals surface area contributed by atoms with Crippen LogP contribution < -0.4 is 4.74 Å². The standard InChI is InChI=1S/C23H33N3O3/c1-20-6-8-21(9-7-20)24-25-22-10-12-23(13-11-22)29-19-5-3-2-4-14-26(15-17-27)16-18-28/h6-13,27-28H,2-5,14-19H2,1H3. The number of aliphatic hydroxyl groups excluding tert-OH is 2. The smallest absolute Gasteiger partial charge is 0.119 e. The third kappa shape index (κ3) is 9.65. The third-order valence-corrected chi connectivity index (χ3v) is 4.62. The molecular formula is C23H33N3O3. The molecule has 0 spiro atoms. The highest BCUT2D eigenvalue weighted by atomic mass is 16.5. The molecule has 0 aliphatic carbocycles. The van der Waals surface area contributed by atoms with Gasteiger partial charge >= 0.3 is 0 Å². The molecule has 0 saturated heterocycles. The Morgan fingerprint density at radius 2 is 1.28 bits per heavy atom. The van der Waals surface area contributed by atoms with Crippen LogP contribution in [0.15, 0.2) is 58.8 Å². The number of aliphatic hydroxyl groups is 2. The van der Waals surface area contributed by atoms with Gasteiger partial charge in [-0.1, -0.05) is 30.5 Å². The Morgan fingerprint density at radius 1 is 0.724 bits per heavy atom. The first-order valence-corrected chi connectivity index (χ1v) is 10.4. The van der Waals surface area contributed by atoms with Crippen LogP contribution in [0.1, 0.15) is 31.2 Å². The van der Waals surface area contributed by atoms with E-state index in [-0.39, 0.29) is 13.2 Å². The molecule has 2 rings (SSSR count). The van der Waals surface area contributed by atoms with Gasteiger partial charge in [-0.05, 0) is 62.7 Å². The van der Waals surface area contributed by atoms with Crippen molar-refractivity contribution in [2.75, 3.05) is 39.5 Å². The summed E-state index contributed by atoms with van der Waals surface area (Å²) in [5.41, 5.74) is 2.84. The van der Waals surface area contributed by atoms with Crippen LogP contribution >= 0.6 is 0 Å². The molecule has 6 nitrogen and oxygen atoms in total. The maximum absolute atomic E-state index is 9.00. The van der Waals surface area contributed by atoms with E-state index in [1.54, 1.807) is 0 Å². The zero-order valence-corrected chi connectivity index (χ0v) is 17.3. The molecule has 0 fully saturated rings. The zero-order chi connectivity index (χ0) is 20.7. The molecule has 0 radical (unpaired) electrons. The van der Waals surface area contributed by atoms with Crippen LogP contribution in [-0.2, 0) is 0 Å². The quantitative estimate of drug-likeness (QED) is 0.358. The summed E-state index contributed by atoms with van der Waals surface area (Å²) in [6.45, 7) is 5.20. The van der Waals surface area contributed by atoms with E-state index in [4.69, 9.17) is 14.9 Å². The van der Waals surface area contributed by atoms with Gasteiger partial charge in [-0.25, -0.2) is 0 Å². The molecule has 0 aliphatic rings. The molecule has 2 aromatic carbocycles. The summed E-state index contributed by atoms with van der Waals surface area (Å²) in [5, 5.41) is 26.5.